The van der Waals surface area contributed by atoms with Gasteiger partial charge in [0.05, 0.1) is 18.5 Å². The van der Waals surface area contributed by atoms with Crippen LogP contribution in [0.5, 0.6) is 0 Å². The maximum Gasteiger partial charge on any atom is 0.271 e. The molecule has 0 fully saturated rings. The van der Waals surface area contributed by atoms with Crippen LogP contribution in [-0.4, -0.2) is 48.4 Å². The molecule has 1 heterocycles. The third-order valence-corrected chi connectivity index (χ3v) is 2.65. The fourth-order valence-corrected chi connectivity index (χ4v) is 1.64. The number of rotatable bonds is 8. The van der Waals surface area contributed by atoms with Gasteiger partial charge in [0.2, 0.25) is 5.91 Å². The molecule has 0 aromatic carbocycles. The van der Waals surface area contributed by atoms with Gasteiger partial charge in [0, 0.05) is 33.2 Å². The first-order valence-corrected chi connectivity index (χ1v) is 6.45. The Labute approximate surface area is 117 Å². The Bertz CT molecular complexity index is 458. The topological polar surface area (TPSA) is 111 Å². The van der Waals surface area contributed by atoms with Crippen molar-refractivity contribution < 1.29 is 14.3 Å². The summed E-state index contributed by atoms with van der Waals surface area (Å²) in [5, 5.41) is 9.30. The Kier molecular flexibility index (Phi) is 6.51. The number of hydrogen-bond donors (Lipinski definition) is 3. The van der Waals surface area contributed by atoms with Gasteiger partial charge in [0.25, 0.3) is 5.91 Å². The Morgan fingerprint density at radius 1 is 1.40 bits per heavy atom. The molecule has 1 aromatic rings. The molecule has 0 unspecified atom stereocenters. The number of nitrogens with zero attached hydrogens (tertiary/aromatic N) is 2. The zero-order valence-electron chi connectivity index (χ0n) is 11.8. The second-order valence-electron chi connectivity index (χ2n) is 4.11. The van der Waals surface area contributed by atoms with E-state index < -0.39 is 0 Å². The molecule has 0 aliphatic heterocycles. The van der Waals surface area contributed by atoms with Crippen LogP contribution in [0, 0.1) is 0 Å². The highest BCUT2D eigenvalue weighted by Crippen LogP contribution is 2.10. The Morgan fingerprint density at radius 2 is 2.15 bits per heavy atom. The number of carbonyl (C=O) groups is 2. The molecule has 0 aliphatic rings. The minimum Gasteiger partial charge on any atom is -0.396 e. The fraction of sp³-hybridized carbons (Fsp3) is 0.583. The van der Waals surface area contributed by atoms with Crippen LogP contribution in [-0.2, 0) is 16.1 Å². The molecule has 0 atom stereocenters. The van der Waals surface area contributed by atoms with Crippen LogP contribution < -0.4 is 16.4 Å². The first-order chi connectivity index (χ1) is 9.60. The highest BCUT2D eigenvalue weighted by atomic mass is 16.5. The van der Waals surface area contributed by atoms with Crippen LogP contribution in [0.1, 0.15) is 23.8 Å². The number of nitrogens with two attached hydrogens (primary N) is 1. The molecule has 0 bridgehead atoms. The standard InChI is InChI=1S/C12H21N5O3/c1-3-17-11(9(13)8-16-17)12(19)15-5-4-10(18)14-6-7-20-2/h8H,3-7,13H2,1-2H3,(H,14,18)(H,15,19). The zero-order chi connectivity index (χ0) is 15.0. The van der Waals surface area contributed by atoms with Crippen molar-refractivity contribution in [3.05, 3.63) is 11.9 Å². The summed E-state index contributed by atoms with van der Waals surface area (Å²) in [7, 11) is 1.56. The summed E-state index contributed by atoms with van der Waals surface area (Å²) >= 11 is 0. The predicted octanol–water partition coefficient (Wildman–Crippen LogP) is -0.632. The molecule has 1 aromatic heterocycles. The quantitative estimate of drug-likeness (QED) is 0.550. The van der Waals surface area contributed by atoms with Crippen LogP contribution in [0.3, 0.4) is 0 Å². The van der Waals surface area contributed by atoms with E-state index in [0.29, 0.717) is 31.1 Å². The number of hydrogen-bond acceptors (Lipinski definition) is 5. The lowest BCUT2D eigenvalue weighted by Crippen LogP contribution is -2.33. The Balaban J connectivity index is 2.36. The van der Waals surface area contributed by atoms with E-state index in [1.807, 2.05) is 6.92 Å². The molecule has 112 valence electrons. The molecular formula is C12H21N5O3. The molecule has 0 spiro atoms. The number of anilines is 1. The van der Waals surface area contributed by atoms with Crippen LogP contribution in [0.4, 0.5) is 5.69 Å². The number of nitrogen functional groups attached to an aromatic ring is 1. The molecule has 1 rings (SSSR count). The van der Waals surface area contributed by atoms with E-state index in [2.05, 4.69) is 15.7 Å². The Morgan fingerprint density at radius 3 is 2.80 bits per heavy atom. The lowest BCUT2D eigenvalue weighted by molar-refractivity contribution is -0.121. The molecule has 8 heteroatoms. The number of amides is 2. The fourth-order valence-electron chi connectivity index (χ4n) is 1.64. The van der Waals surface area contributed by atoms with Gasteiger partial charge in [-0.25, -0.2) is 0 Å². The predicted molar refractivity (Wildman–Crippen MR) is 74.1 cm³/mol. The largest absolute Gasteiger partial charge is 0.396 e. The maximum absolute atomic E-state index is 11.9. The van der Waals surface area contributed by atoms with Crippen LogP contribution in [0.15, 0.2) is 6.20 Å². The van der Waals surface area contributed by atoms with Crippen LogP contribution in [0.25, 0.3) is 0 Å². The highest BCUT2D eigenvalue weighted by molar-refractivity contribution is 5.97. The van der Waals surface area contributed by atoms with Crippen molar-refractivity contribution in [2.45, 2.75) is 19.9 Å². The average molecular weight is 283 g/mol. The number of methoxy groups -OCH3 is 1. The zero-order valence-corrected chi connectivity index (χ0v) is 11.8. The summed E-state index contributed by atoms with van der Waals surface area (Å²) in [5.74, 6) is -0.467. The third kappa shape index (κ3) is 4.54. The van der Waals surface area contributed by atoms with Crippen molar-refractivity contribution >= 4 is 17.5 Å². The summed E-state index contributed by atoms with van der Waals surface area (Å²) in [5.41, 5.74) is 6.35. The van der Waals surface area contributed by atoms with Gasteiger partial charge in [-0.05, 0) is 6.92 Å². The van der Waals surface area contributed by atoms with Gasteiger partial charge in [-0.2, -0.15) is 5.10 Å². The van der Waals surface area contributed by atoms with Gasteiger partial charge >= 0.3 is 0 Å². The number of aromatic nitrogens is 2. The van der Waals surface area contributed by atoms with E-state index in [-0.39, 0.29) is 24.8 Å². The molecule has 8 nitrogen and oxygen atoms in total. The molecule has 20 heavy (non-hydrogen) atoms. The van der Waals surface area contributed by atoms with Crippen molar-refractivity contribution in [3.63, 3.8) is 0 Å². The number of aryl methyl sites for hydroxylation is 1. The van der Waals surface area contributed by atoms with E-state index in [1.54, 1.807) is 7.11 Å². The second kappa shape index (κ2) is 8.16. The molecule has 0 radical (unpaired) electrons. The monoisotopic (exact) mass is 283 g/mol. The summed E-state index contributed by atoms with van der Waals surface area (Å²) in [6.45, 7) is 3.58. The lowest BCUT2D eigenvalue weighted by atomic mass is 10.3. The van der Waals surface area contributed by atoms with E-state index in [0.717, 1.165) is 0 Å². The SMILES string of the molecule is CCn1ncc(N)c1C(=O)NCCC(=O)NCCOC. The highest BCUT2D eigenvalue weighted by Gasteiger charge is 2.15. The molecule has 0 saturated heterocycles. The summed E-state index contributed by atoms with van der Waals surface area (Å²) in [4.78, 5) is 23.4. The number of ether oxygens (including phenoxy) is 1. The van der Waals surface area contributed by atoms with Crippen LogP contribution >= 0.6 is 0 Å². The molecule has 0 saturated carbocycles. The number of carbonyl (C=O) groups excluding carboxylic acids is 2. The summed E-state index contributed by atoms with van der Waals surface area (Å²) in [6, 6.07) is 0. The maximum atomic E-state index is 11.9. The van der Waals surface area contributed by atoms with Crippen molar-refractivity contribution in [3.8, 4) is 0 Å². The number of nitrogens with one attached hydrogen (secondary N) is 2. The van der Waals surface area contributed by atoms with E-state index in [4.69, 9.17) is 10.5 Å². The minimum atomic E-state index is -0.327. The Hall–Kier alpha value is -2.09. The molecule has 2 amide bonds. The average Bonchev–Trinajstić information content (AvgIpc) is 2.80. The van der Waals surface area contributed by atoms with Gasteiger partial charge in [0.1, 0.15) is 5.69 Å². The van der Waals surface area contributed by atoms with Crippen LogP contribution in [0.2, 0.25) is 0 Å². The van der Waals surface area contributed by atoms with Gasteiger partial charge in [-0.3, -0.25) is 14.3 Å². The van der Waals surface area contributed by atoms with Gasteiger partial charge in [0.15, 0.2) is 0 Å². The summed E-state index contributed by atoms with van der Waals surface area (Å²) in [6.07, 6.45) is 1.64. The van der Waals surface area contributed by atoms with Gasteiger partial charge in [-0.15, -0.1) is 0 Å². The lowest BCUT2D eigenvalue weighted by Gasteiger charge is -2.08. The van der Waals surface area contributed by atoms with Crippen molar-refractivity contribution in [1.29, 1.82) is 0 Å². The first kappa shape index (κ1) is 16.0. The second-order valence-corrected chi connectivity index (χ2v) is 4.11. The minimum absolute atomic E-state index is 0.140. The van der Waals surface area contributed by atoms with E-state index in [9.17, 15) is 9.59 Å². The van der Waals surface area contributed by atoms with Gasteiger partial charge < -0.3 is 21.1 Å². The smallest absolute Gasteiger partial charge is 0.271 e. The molecular weight excluding hydrogens is 262 g/mol. The third-order valence-electron chi connectivity index (χ3n) is 2.65. The normalized spacial score (nSPS) is 10.3. The van der Waals surface area contributed by atoms with Crippen molar-refractivity contribution in [2.24, 2.45) is 0 Å². The van der Waals surface area contributed by atoms with Crippen molar-refractivity contribution in [2.75, 3.05) is 32.5 Å². The van der Waals surface area contributed by atoms with Crippen molar-refractivity contribution in [1.82, 2.24) is 20.4 Å². The van der Waals surface area contributed by atoms with E-state index in [1.165, 1.54) is 10.9 Å². The van der Waals surface area contributed by atoms with E-state index >= 15 is 0 Å². The molecule has 0 aliphatic carbocycles. The summed E-state index contributed by atoms with van der Waals surface area (Å²) < 4.78 is 6.33. The molecule has 4 N–H and O–H groups in total. The van der Waals surface area contributed by atoms with Gasteiger partial charge in [-0.1, -0.05) is 0 Å². The first-order valence-electron chi connectivity index (χ1n) is 6.45.